The third kappa shape index (κ3) is 3.59. The lowest BCUT2D eigenvalue weighted by atomic mass is 10.1. The fourth-order valence-corrected chi connectivity index (χ4v) is 1.26. The number of phenolic OH excluding ortho intramolecular Hbond substituents is 1. The van der Waals surface area contributed by atoms with E-state index in [0.717, 1.165) is 5.56 Å². The van der Waals surface area contributed by atoms with Crippen molar-refractivity contribution in [3.63, 3.8) is 0 Å². The van der Waals surface area contributed by atoms with Crippen molar-refractivity contribution in [1.82, 2.24) is 5.32 Å². The number of hydrogen-bond acceptors (Lipinski definition) is 3. The molecule has 1 rings (SSSR count). The first-order valence-electron chi connectivity index (χ1n) is 4.71. The Hall–Kier alpha value is -1.55. The Kier molecular flexibility index (Phi) is 4.12. The Bertz CT molecular complexity index is 329. The van der Waals surface area contributed by atoms with Crippen LogP contribution in [-0.4, -0.2) is 31.3 Å². The van der Waals surface area contributed by atoms with E-state index < -0.39 is 0 Å². The van der Waals surface area contributed by atoms with Gasteiger partial charge in [0.1, 0.15) is 5.75 Å². The Morgan fingerprint density at radius 2 is 2.20 bits per heavy atom. The van der Waals surface area contributed by atoms with E-state index in [9.17, 15) is 9.90 Å². The number of rotatable bonds is 4. The van der Waals surface area contributed by atoms with E-state index >= 15 is 0 Å². The van der Waals surface area contributed by atoms with Crippen molar-refractivity contribution in [3.05, 3.63) is 29.3 Å². The zero-order valence-electron chi connectivity index (χ0n) is 8.91. The number of methoxy groups -OCH3 is 1. The number of nitrogens with one attached hydrogen (secondary N) is 1. The highest BCUT2D eigenvalue weighted by molar-refractivity contribution is 5.94. The molecule has 0 saturated carbocycles. The molecule has 0 heterocycles. The lowest BCUT2D eigenvalue weighted by Crippen LogP contribution is -2.26. The molecule has 2 N–H and O–H groups in total. The van der Waals surface area contributed by atoms with Gasteiger partial charge < -0.3 is 15.2 Å². The van der Waals surface area contributed by atoms with Crippen LogP contribution < -0.4 is 5.32 Å². The van der Waals surface area contributed by atoms with E-state index in [1.807, 2.05) is 6.92 Å². The van der Waals surface area contributed by atoms with Gasteiger partial charge in [0.2, 0.25) is 0 Å². The lowest BCUT2D eigenvalue weighted by Gasteiger charge is -2.05. The number of carbonyl (C=O) groups excluding carboxylic acids is 1. The van der Waals surface area contributed by atoms with Crippen LogP contribution in [0.5, 0.6) is 5.75 Å². The van der Waals surface area contributed by atoms with Crippen LogP contribution in [0.2, 0.25) is 0 Å². The van der Waals surface area contributed by atoms with Crippen molar-refractivity contribution in [3.8, 4) is 5.75 Å². The monoisotopic (exact) mass is 209 g/mol. The van der Waals surface area contributed by atoms with E-state index in [1.54, 1.807) is 19.2 Å². The quantitative estimate of drug-likeness (QED) is 0.729. The minimum atomic E-state index is -0.203. The molecule has 0 saturated heterocycles. The minimum Gasteiger partial charge on any atom is -0.508 e. The minimum absolute atomic E-state index is 0.104. The Balaban J connectivity index is 2.65. The fourth-order valence-electron chi connectivity index (χ4n) is 1.26. The second-order valence-corrected chi connectivity index (χ2v) is 3.31. The molecule has 4 heteroatoms. The summed E-state index contributed by atoms with van der Waals surface area (Å²) in [5.74, 6) is -0.0991. The molecule has 0 radical (unpaired) electrons. The van der Waals surface area contributed by atoms with Gasteiger partial charge in [-0.1, -0.05) is 0 Å². The number of benzene rings is 1. The Morgan fingerprint density at radius 1 is 1.47 bits per heavy atom. The van der Waals surface area contributed by atoms with Gasteiger partial charge in [0.25, 0.3) is 5.91 Å². The Labute approximate surface area is 88.9 Å². The molecule has 4 nitrogen and oxygen atoms in total. The molecular weight excluding hydrogens is 194 g/mol. The second kappa shape index (κ2) is 5.36. The molecule has 0 spiro atoms. The normalized spacial score (nSPS) is 10.0. The van der Waals surface area contributed by atoms with Gasteiger partial charge in [0.05, 0.1) is 6.61 Å². The molecular formula is C11H15NO3. The van der Waals surface area contributed by atoms with Crippen molar-refractivity contribution in [2.45, 2.75) is 6.92 Å². The maximum atomic E-state index is 11.5. The van der Waals surface area contributed by atoms with Crippen LogP contribution in [0.25, 0.3) is 0 Å². The summed E-state index contributed by atoms with van der Waals surface area (Å²) in [6.07, 6.45) is 0. The predicted octanol–water partition coefficient (Wildman–Crippen LogP) is 1.08. The van der Waals surface area contributed by atoms with Crippen molar-refractivity contribution >= 4 is 5.91 Å². The number of aryl methyl sites for hydroxylation is 1. The first kappa shape index (κ1) is 11.5. The molecule has 0 aliphatic rings. The summed E-state index contributed by atoms with van der Waals surface area (Å²) in [6.45, 7) is 2.76. The first-order chi connectivity index (χ1) is 7.13. The van der Waals surface area contributed by atoms with E-state index in [-0.39, 0.29) is 11.7 Å². The van der Waals surface area contributed by atoms with Gasteiger partial charge in [-0.3, -0.25) is 4.79 Å². The highest BCUT2D eigenvalue weighted by Gasteiger charge is 2.06. The predicted molar refractivity (Wildman–Crippen MR) is 57.1 cm³/mol. The molecule has 1 amide bonds. The molecule has 0 unspecified atom stereocenters. The summed E-state index contributed by atoms with van der Waals surface area (Å²) in [5.41, 5.74) is 1.32. The highest BCUT2D eigenvalue weighted by atomic mass is 16.5. The molecule has 82 valence electrons. The molecule has 0 aliphatic heterocycles. The molecule has 0 aromatic heterocycles. The van der Waals surface area contributed by atoms with Gasteiger partial charge in [0.15, 0.2) is 0 Å². The molecule has 1 aromatic carbocycles. The van der Waals surface area contributed by atoms with Crippen LogP contribution in [0.15, 0.2) is 18.2 Å². The average molecular weight is 209 g/mol. The summed E-state index contributed by atoms with van der Waals surface area (Å²) in [5, 5.41) is 12.0. The van der Waals surface area contributed by atoms with Crippen LogP contribution in [0, 0.1) is 6.92 Å². The SMILES string of the molecule is COCCNC(=O)c1cc(C)cc(O)c1. The van der Waals surface area contributed by atoms with Gasteiger partial charge in [0, 0.05) is 19.2 Å². The van der Waals surface area contributed by atoms with E-state index in [2.05, 4.69) is 5.32 Å². The van der Waals surface area contributed by atoms with Crippen LogP contribution in [0.3, 0.4) is 0 Å². The van der Waals surface area contributed by atoms with Crippen molar-refractivity contribution < 1.29 is 14.6 Å². The summed E-state index contributed by atoms with van der Waals surface area (Å²) >= 11 is 0. The molecule has 0 bridgehead atoms. The zero-order valence-corrected chi connectivity index (χ0v) is 8.91. The van der Waals surface area contributed by atoms with E-state index in [4.69, 9.17) is 4.74 Å². The molecule has 15 heavy (non-hydrogen) atoms. The van der Waals surface area contributed by atoms with Gasteiger partial charge in [-0.15, -0.1) is 0 Å². The fraction of sp³-hybridized carbons (Fsp3) is 0.364. The first-order valence-corrected chi connectivity index (χ1v) is 4.71. The molecule has 0 aliphatic carbocycles. The largest absolute Gasteiger partial charge is 0.508 e. The summed E-state index contributed by atoms with van der Waals surface area (Å²) in [6, 6.07) is 4.77. The van der Waals surface area contributed by atoms with Crippen LogP contribution in [0.4, 0.5) is 0 Å². The number of hydrogen-bond donors (Lipinski definition) is 2. The van der Waals surface area contributed by atoms with Crippen molar-refractivity contribution in [1.29, 1.82) is 0 Å². The summed E-state index contributed by atoms with van der Waals surface area (Å²) < 4.78 is 4.81. The molecule has 1 aromatic rings. The van der Waals surface area contributed by atoms with Crippen LogP contribution >= 0.6 is 0 Å². The van der Waals surface area contributed by atoms with Gasteiger partial charge in [-0.2, -0.15) is 0 Å². The van der Waals surface area contributed by atoms with Crippen molar-refractivity contribution in [2.75, 3.05) is 20.3 Å². The Morgan fingerprint density at radius 3 is 2.80 bits per heavy atom. The van der Waals surface area contributed by atoms with Crippen molar-refractivity contribution in [2.24, 2.45) is 0 Å². The summed E-state index contributed by atoms with van der Waals surface area (Å²) in [4.78, 5) is 11.5. The highest BCUT2D eigenvalue weighted by Crippen LogP contribution is 2.14. The number of ether oxygens (including phenoxy) is 1. The number of phenols is 1. The van der Waals surface area contributed by atoms with Gasteiger partial charge in [-0.05, 0) is 30.7 Å². The standard InChI is InChI=1S/C11H15NO3/c1-8-5-9(7-10(13)6-8)11(14)12-3-4-15-2/h5-7,13H,3-4H2,1-2H3,(H,12,14). The average Bonchev–Trinajstić information content (AvgIpc) is 2.16. The number of carbonyl (C=O) groups is 1. The molecule has 0 atom stereocenters. The third-order valence-electron chi connectivity index (χ3n) is 1.92. The van der Waals surface area contributed by atoms with E-state index in [0.29, 0.717) is 18.7 Å². The number of aromatic hydroxyl groups is 1. The third-order valence-corrected chi connectivity index (χ3v) is 1.92. The zero-order chi connectivity index (χ0) is 11.3. The lowest BCUT2D eigenvalue weighted by molar-refractivity contribution is 0.0936. The smallest absolute Gasteiger partial charge is 0.251 e. The van der Waals surface area contributed by atoms with Gasteiger partial charge >= 0.3 is 0 Å². The second-order valence-electron chi connectivity index (χ2n) is 3.31. The summed E-state index contributed by atoms with van der Waals surface area (Å²) in [7, 11) is 1.57. The van der Waals surface area contributed by atoms with Gasteiger partial charge in [-0.25, -0.2) is 0 Å². The van der Waals surface area contributed by atoms with Crippen LogP contribution in [0.1, 0.15) is 15.9 Å². The maximum Gasteiger partial charge on any atom is 0.251 e. The van der Waals surface area contributed by atoms with Crippen LogP contribution in [-0.2, 0) is 4.74 Å². The van der Waals surface area contributed by atoms with E-state index in [1.165, 1.54) is 6.07 Å². The number of amides is 1. The maximum absolute atomic E-state index is 11.5. The molecule has 0 fully saturated rings. The topological polar surface area (TPSA) is 58.6 Å².